The molecule has 2 fully saturated rings. The van der Waals surface area contributed by atoms with Crippen LogP contribution in [0.1, 0.15) is 29.5 Å². The standard InChI is InChI=1S/C29H35N3O2/c1-22-8-10-25(11-9-22)29(12-17-34-18-13-29)28(33)32-16-15-31(2)20-23(21-32)19-24-5-3-7-27-26(24)6-4-14-30-27/h3-11,14,23H,12-13,15-21H2,1-2H3/t23-/m0/s1. The van der Waals surface area contributed by atoms with Gasteiger partial charge in [0.2, 0.25) is 5.91 Å². The van der Waals surface area contributed by atoms with Gasteiger partial charge in [-0.25, -0.2) is 0 Å². The Morgan fingerprint density at radius 3 is 2.62 bits per heavy atom. The van der Waals surface area contributed by atoms with E-state index in [2.05, 4.69) is 77.3 Å². The number of pyridine rings is 1. The Morgan fingerprint density at radius 2 is 1.82 bits per heavy atom. The number of rotatable bonds is 4. The number of benzene rings is 2. The van der Waals surface area contributed by atoms with Crippen molar-refractivity contribution in [2.45, 2.75) is 31.6 Å². The van der Waals surface area contributed by atoms with Gasteiger partial charge in [-0.15, -0.1) is 0 Å². The molecule has 1 atom stereocenters. The Bertz CT molecular complexity index is 1130. The molecule has 0 bridgehead atoms. The number of fused-ring (bicyclic) bond motifs is 1. The number of carbonyl (C=O) groups is 1. The number of hydrogen-bond acceptors (Lipinski definition) is 4. The van der Waals surface area contributed by atoms with Crippen molar-refractivity contribution >= 4 is 16.8 Å². The first-order chi connectivity index (χ1) is 16.5. The van der Waals surface area contributed by atoms with Gasteiger partial charge in [-0.1, -0.05) is 48.0 Å². The first-order valence-corrected chi connectivity index (χ1v) is 12.5. The molecule has 1 aromatic heterocycles. The molecular formula is C29H35N3O2. The van der Waals surface area contributed by atoms with Gasteiger partial charge in [-0.05, 0) is 62.4 Å². The molecule has 0 saturated carbocycles. The molecule has 0 unspecified atom stereocenters. The van der Waals surface area contributed by atoms with Crippen molar-refractivity contribution in [1.29, 1.82) is 0 Å². The molecule has 5 rings (SSSR count). The Morgan fingerprint density at radius 1 is 1.03 bits per heavy atom. The predicted molar refractivity (Wildman–Crippen MR) is 136 cm³/mol. The molecule has 2 aliphatic rings. The zero-order valence-corrected chi connectivity index (χ0v) is 20.4. The molecule has 178 valence electrons. The summed E-state index contributed by atoms with van der Waals surface area (Å²) in [6.07, 6.45) is 4.30. The number of aromatic nitrogens is 1. The summed E-state index contributed by atoms with van der Waals surface area (Å²) in [6, 6.07) is 19.1. The molecule has 2 aliphatic heterocycles. The second kappa shape index (κ2) is 9.85. The van der Waals surface area contributed by atoms with E-state index in [4.69, 9.17) is 4.74 Å². The van der Waals surface area contributed by atoms with Gasteiger partial charge >= 0.3 is 0 Å². The predicted octanol–water partition coefficient (Wildman–Crippen LogP) is 4.22. The summed E-state index contributed by atoms with van der Waals surface area (Å²) >= 11 is 0. The van der Waals surface area contributed by atoms with Gasteiger partial charge in [0.05, 0.1) is 10.9 Å². The molecule has 34 heavy (non-hydrogen) atoms. The first kappa shape index (κ1) is 23.0. The average molecular weight is 458 g/mol. The number of nitrogens with zero attached hydrogens (tertiary/aromatic N) is 3. The van der Waals surface area contributed by atoms with Crippen LogP contribution in [0.25, 0.3) is 10.9 Å². The lowest BCUT2D eigenvalue weighted by Crippen LogP contribution is -2.51. The Balaban J connectivity index is 1.42. The normalized spacial score (nSPS) is 21.4. The second-order valence-corrected chi connectivity index (χ2v) is 10.1. The first-order valence-electron chi connectivity index (χ1n) is 12.5. The molecule has 0 spiro atoms. The van der Waals surface area contributed by atoms with Gasteiger partial charge in [0.1, 0.15) is 0 Å². The SMILES string of the molecule is Cc1ccc(C2(C(=O)N3CCN(C)C[C@H](Cc4cccc5ncccc45)C3)CCOCC2)cc1. The highest BCUT2D eigenvalue weighted by Gasteiger charge is 2.44. The molecule has 5 nitrogen and oxygen atoms in total. The fraction of sp³-hybridized carbons (Fsp3) is 0.448. The molecule has 0 radical (unpaired) electrons. The van der Waals surface area contributed by atoms with Gasteiger partial charge in [0, 0.05) is 51.0 Å². The minimum atomic E-state index is -0.483. The summed E-state index contributed by atoms with van der Waals surface area (Å²) < 4.78 is 5.71. The van der Waals surface area contributed by atoms with Crippen molar-refractivity contribution in [1.82, 2.24) is 14.8 Å². The van der Waals surface area contributed by atoms with Gasteiger partial charge < -0.3 is 14.5 Å². The van der Waals surface area contributed by atoms with E-state index in [1.807, 2.05) is 12.3 Å². The molecule has 0 N–H and O–H groups in total. The molecule has 1 amide bonds. The van der Waals surface area contributed by atoms with Crippen LogP contribution < -0.4 is 0 Å². The van der Waals surface area contributed by atoms with E-state index >= 15 is 0 Å². The third-order valence-electron chi connectivity index (χ3n) is 7.69. The summed E-state index contributed by atoms with van der Waals surface area (Å²) in [6.45, 7) is 6.83. The van der Waals surface area contributed by atoms with E-state index in [0.717, 1.165) is 56.5 Å². The highest BCUT2D eigenvalue weighted by Crippen LogP contribution is 2.37. The van der Waals surface area contributed by atoms with E-state index < -0.39 is 5.41 Å². The highest BCUT2D eigenvalue weighted by atomic mass is 16.5. The van der Waals surface area contributed by atoms with E-state index in [1.165, 1.54) is 16.5 Å². The molecule has 3 aromatic rings. The van der Waals surface area contributed by atoms with Gasteiger partial charge in [0.15, 0.2) is 0 Å². The van der Waals surface area contributed by atoms with Crippen molar-refractivity contribution in [3.8, 4) is 0 Å². The third kappa shape index (κ3) is 4.59. The van der Waals surface area contributed by atoms with Crippen molar-refractivity contribution in [3.63, 3.8) is 0 Å². The molecule has 2 saturated heterocycles. The van der Waals surface area contributed by atoms with Crippen molar-refractivity contribution in [2.75, 3.05) is 46.4 Å². The molecule has 2 aromatic carbocycles. The van der Waals surface area contributed by atoms with E-state index in [9.17, 15) is 4.79 Å². The summed E-state index contributed by atoms with van der Waals surface area (Å²) in [5.41, 5.74) is 4.23. The Hall–Kier alpha value is -2.76. The van der Waals surface area contributed by atoms with Gasteiger partial charge in [-0.2, -0.15) is 0 Å². The average Bonchev–Trinajstić information content (AvgIpc) is 3.05. The summed E-state index contributed by atoms with van der Waals surface area (Å²) in [5.74, 6) is 0.650. The van der Waals surface area contributed by atoms with Crippen LogP contribution in [-0.2, 0) is 21.4 Å². The van der Waals surface area contributed by atoms with Crippen LogP contribution >= 0.6 is 0 Å². The maximum absolute atomic E-state index is 14.3. The largest absolute Gasteiger partial charge is 0.381 e. The number of amides is 1. The fourth-order valence-corrected chi connectivity index (χ4v) is 5.77. The van der Waals surface area contributed by atoms with Crippen LogP contribution in [0.4, 0.5) is 0 Å². The lowest BCUT2D eigenvalue weighted by molar-refractivity contribution is -0.141. The zero-order chi connectivity index (χ0) is 23.5. The number of likely N-dealkylation sites (N-methyl/N-ethyl adjacent to an activating group) is 1. The van der Waals surface area contributed by atoms with Crippen LogP contribution in [0, 0.1) is 12.8 Å². The topological polar surface area (TPSA) is 45.7 Å². The lowest BCUT2D eigenvalue weighted by atomic mass is 9.72. The second-order valence-electron chi connectivity index (χ2n) is 10.1. The smallest absolute Gasteiger partial charge is 0.233 e. The fourth-order valence-electron chi connectivity index (χ4n) is 5.77. The third-order valence-corrected chi connectivity index (χ3v) is 7.69. The van der Waals surface area contributed by atoms with Crippen LogP contribution in [0.15, 0.2) is 60.8 Å². The van der Waals surface area contributed by atoms with Crippen molar-refractivity contribution in [3.05, 3.63) is 77.5 Å². The lowest BCUT2D eigenvalue weighted by Gasteiger charge is -2.40. The number of ether oxygens (including phenoxy) is 1. The number of aryl methyl sites for hydroxylation is 1. The van der Waals surface area contributed by atoms with E-state index in [1.54, 1.807) is 0 Å². The quantitative estimate of drug-likeness (QED) is 0.588. The highest BCUT2D eigenvalue weighted by molar-refractivity contribution is 5.88. The number of hydrogen-bond donors (Lipinski definition) is 0. The van der Waals surface area contributed by atoms with Gasteiger partial charge in [-0.3, -0.25) is 9.78 Å². The summed E-state index contributed by atoms with van der Waals surface area (Å²) in [5, 5.41) is 1.22. The Labute approximate surface area is 202 Å². The number of carbonyl (C=O) groups excluding carboxylic acids is 1. The van der Waals surface area contributed by atoms with Crippen molar-refractivity contribution < 1.29 is 9.53 Å². The molecule has 3 heterocycles. The zero-order valence-electron chi connectivity index (χ0n) is 20.4. The van der Waals surface area contributed by atoms with Crippen LogP contribution in [0.5, 0.6) is 0 Å². The Kier molecular flexibility index (Phi) is 6.66. The molecule has 0 aliphatic carbocycles. The maximum Gasteiger partial charge on any atom is 0.233 e. The minimum absolute atomic E-state index is 0.277. The monoisotopic (exact) mass is 457 g/mol. The van der Waals surface area contributed by atoms with E-state index in [0.29, 0.717) is 19.1 Å². The van der Waals surface area contributed by atoms with Crippen LogP contribution in [0.3, 0.4) is 0 Å². The van der Waals surface area contributed by atoms with Crippen LogP contribution in [-0.4, -0.2) is 67.1 Å². The molecular weight excluding hydrogens is 422 g/mol. The van der Waals surface area contributed by atoms with Crippen molar-refractivity contribution in [2.24, 2.45) is 5.92 Å². The maximum atomic E-state index is 14.3. The van der Waals surface area contributed by atoms with Gasteiger partial charge in [0.25, 0.3) is 0 Å². The van der Waals surface area contributed by atoms with E-state index in [-0.39, 0.29) is 5.91 Å². The summed E-state index contributed by atoms with van der Waals surface area (Å²) in [7, 11) is 2.18. The van der Waals surface area contributed by atoms with Crippen LogP contribution in [0.2, 0.25) is 0 Å². The summed E-state index contributed by atoms with van der Waals surface area (Å²) in [4.78, 5) is 23.3. The minimum Gasteiger partial charge on any atom is -0.381 e. The molecule has 5 heteroatoms.